The van der Waals surface area contributed by atoms with Crippen LogP contribution in [0.15, 0.2) is 46.4 Å². The molecule has 1 saturated heterocycles. The van der Waals surface area contributed by atoms with E-state index in [0.29, 0.717) is 22.3 Å². The average Bonchev–Trinajstić information content (AvgIpc) is 2.77. The average molecular weight is 537 g/mol. The van der Waals surface area contributed by atoms with E-state index in [2.05, 4.69) is 26.0 Å². The molecule has 8 nitrogen and oxygen atoms in total. The zero-order valence-corrected chi connectivity index (χ0v) is 19.9. The van der Waals surface area contributed by atoms with Crippen molar-refractivity contribution in [1.29, 1.82) is 0 Å². The Morgan fingerprint density at radius 1 is 1.21 bits per heavy atom. The van der Waals surface area contributed by atoms with Crippen LogP contribution in [0.4, 0.5) is 10.1 Å². The van der Waals surface area contributed by atoms with Crippen LogP contribution in [0.3, 0.4) is 0 Å². The summed E-state index contributed by atoms with van der Waals surface area (Å²) in [6.45, 7) is 1.73. The summed E-state index contributed by atoms with van der Waals surface area (Å²) in [5.41, 5.74) is 0.562. The fourth-order valence-electron chi connectivity index (χ4n) is 2.91. The van der Waals surface area contributed by atoms with Gasteiger partial charge >= 0.3 is 5.97 Å². The highest BCUT2D eigenvalue weighted by Crippen LogP contribution is 2.38. The number of carbonyl (C=O) groups is 3. The van der Waals surface area contributed by atoms with Gasteiger partial charge in [-0.2, -0.15) is 0 Å². The monoisotopic (exact) mass is 536 g/mol. The topological polar surface area (TPSA) is 94.2 Å². The Kier molecular flexibility index (Phi) is 7.77. The Morgan fingerprint density at radius 2 is 1.91 bits per heavy atom. The molecule has 2 aromatic carbocycles. The number of carbonyl (C=O) groups excluding carboxylic acids is 3. The Bertz CT molecular complexity index is 1150. The number of rotatable bonds is 7. The minimum absolute atomic E-state index is 0.114. The molecular formula is C22H18BrFN2O6S. The van der Waals surface area contributed by atoms with Crippen LogP contribution in [-0.4, -0.2) is 43.2 Å². The minimum atomic E-state index is -0.677. The first-order chi connectivity index (χ1) is 15.7. The predicted molar refractivity (Wildman–Crippen MR) is 125 cm³/mol. The van der Waals surface area contributed by atoms with E-state index in [9.17, 15) is 18.8 Å². The molecule has 0 aliphatic carbocycles. The van der Waals surface area contributed by atoms with Crippen molar-refractivity contribution in [2.45, 2.75) is 6.92 Å². The molecule has 1 fully saturated rings. The van der Waals surface area contributed by atoms with Crippen LogP contribution in [0, 0.1) is 5.82 Å². The molecule has 1 N–H and O–H groups in total. The zero-order chi connectivity index (χ0) is 24.1. The molecule has 2 aromatic rings. The highest BCUT2D eigenvalue weighted by atomic mass is 79.9. The lowest BCUT2D eigenvalue weighted by atomic mass is 10.1. The smallest absolute Gasteiger partial charge is 0.343 e. The number of ether oxygens (including phenoxy) is 3. The third kappa shape index (κ3) is 5.55. The lowest BCUT2D eigenvalue weighted by molar-refractivity contribution is -0.143. The van der Waals surface area contributed by atoms with Crippen molar-refractivity contribution in [2.75, 3.05) is 25.2 Å². The number of esters is 1. The Hall–Kier alpha value is -3.31. The first-order valence-electron chi connectivity index (χ1n) is 9.58. The lowest BCUT2D eigenvalue weighted by Crippen LogP contribution is -2.54. The number of halogens is 2. The van der Waals surface area contributed by atoms with Crippen LogP contribution in [-0.2, 0) is 19.1 Å². The highest BCUT2D eigenvalue weighted by molar-refractivity contribution is 9.10. The maximum Gasteiger partial charge on any atom is 0.343 e. The Balaban J connectivity index is 1.98. The van der Waals surface area contributed by atoms with Crippen LogP contribution >= 0.6 is 28.1 Å². The van der Waals surface area contributed by atoms with Gasteiger partial charge in [0.2, 0.25) is 0 Å². The summed E-state index contributed by atoms with van der Waals surface area (Å²) in [7, 11) is 1.24. The molecule has 11 heteroatoms. The quantitative estimate of drug-likeness (QED) is 0.251. The number of anilines is 1. The second kappa shape index (κ2) is 10.5. The fourth-order valence-corrected chi connectivity index (χ4v) is 3.77. The maximum atomic E-state index is 13.3. The van der Waals surface area contributed by atoms with Gasteiger partial charge in [-0.05, 0) is 83.1 Å². The number of hydrogen-bond donors (Lipinski definition) is 1. The first-order valence-corrected chi connectivity index (χ1v) is 10.8. The normalized spacial score (nSPS) is 14.8. The summed E-state index contributed by atoms with van der Waals surface area (Å²) < 4.78 is 29.4. The molecule has 2 amide bonds. The van der Waals surface area contributed by atoms with Crippen LogP contribution in [0.25, 0.3) is 6.08 Å². The second-order valence-corrected chi connectivity index (χ2v) is 7.80. The van der Waals surface area contributed by atoms with Gasteiger partial charge in [0.25, 0.3) is 11.8 Å². The number of thiocarbonyl (C=S) groups is 1. The van der Waals surface area contributed by atoms with Gasteiger partial charge in [0.15, 0.2) is 23.2 Å². The summed E-state index contributed by atoms with van der Waals surface area (Å²) in [5.74, 6) is -1.84. The van der Waals surface area contributed by atoms with Crippen molar-refractivity contribution in [3.63, 3.8) is 0 Å². The van der Waals surface area contributed by atoms with Gasteiger partial charge in [0, 0.05) is 0 Å². The summed E-state index contributed by atoms with van der Waals surface area (Å²) in [4.78, 5) is 38.2. The number of hydrogen-bond acceptors (Lipinski definition) is 7. The van der Waals surface area contributed by atoms with Crippen molar-refractivity contribution in [2.24, 2.45) is 0 Å². The van der Waals surface area contributed by atoms with Crippen LogP contribution in [0.1, 0.15) is 12.5 Å². The van der Waals surface area contributed by atoms with E-state index in [-0.39, 0.29) is 28.8 Å². The third-order valence-electron chi connectivity index (χ3n) is 4.39. The number of amides is 2. The third-order valence-corrected chi connectivity index (χ3v) is 5.26. The number of nitrogens with one attached hydrogen (secondary N) is 1. The molecule has 0 bridgehead atoms. The predicted octanol–water partition coefficient (Wildman–Crippen LogP) is 3.37. The van der Waals surface area contributed by atoms with Gasteiger partial charge in [0.05, 0.1) is 23.9 Å². The molecular weight excluding hydrogens is 519 g/mol. The molecule has 3 rings (SSSR count). The first kappa shape index (κ1) is 24.3. The van der Waals surface area contributed by atoms with Crippen molar-refractivity contribution < 1.29 is 33.0 Å². The summed E-state index contributed by atoms with van der Waals surface area (Å²) in [5, 5.41) is 2.35. The van der Waals surface area contributed by atoms with Crippen molar-refractivity contribution in [3.05, 3.63) is 57.8 Å². The molecule has 1 aliphatic heterocycles. The van der Waals surface area contributed by atoms with Gasteiger partial charge in [-0.25, -0.2) is 9.18 Å². The molecule has 0 aromatic heterocycles. The molecule has 0 saturated carbocycles. The molecule has 0 atom stereocenters. The lowest BCUT2D eigenvalue weighted by Gasteiger charge is -2.29. The van der Waals surface area contributed by atoms with E-state index in [4.69, 9.17) is 21.7 Å². The van der Waals surface area contributed by atoms with Crippen LogP contribution in [0.5, 0.6) is 11.5 Å². The minimum Gasteiger partial charge on any atom is -0.490 e. The maximum absolute atomic E-state index is 13.3. The van der Waals surface area contributed by atoms with Crippen LogP contribution in [0.2, 0.25) is 0 Å². The van der Waals surface area contributed by atoms with Gasteiger partial charge in [-0.3, -0.25) is 19.8 Å². The molecule has 1 heterocycles. The summed E-state index contributed by atoms with van der Waals surface area (Å²) >= 11 is 8.50. The molecule has 0 spiro atoms. The van der Waals surface area contributed by atoms with Crippen molar-refractivity contribution in [1.82, 2.24) is 5.32 Å². The van der Waals surface area contributed by atoms with E-state index < -0.39 is 23.6 Å². The van der Waals surface area contributed by atoms with Crippen LogP contribution < -0.4 is 19.7 Å². The second-order valence-electron chi connectivity index (χ2n) is 6.56. The van der Waals surface area contributed by atoms with Crippen molar-refractivity contribution in [3.8, 4) is 11.5 Å². The van der Waals surface area contributed by atoms with E-state index >= 15 is 0 Å². The Labute approximate surface area is 202 Å². The summed E-state index contributed by atoms with van der Waals surface area (Å²) in [6.07, 6.45) is 1.37. The standard InChI is InChI=1S/C22H18BrFN2O6S/c1-3-31-17-10-12(9-16(23)19(17)32-11-18(27)30-2)8-15-20(28)25-22(33)26(21(15)29)14-6-4-13(24)5-7-14/h4-10H,3,11H2,1-2H3,(H,25,28,33). The Morgan fingerprint density at radius 3 is 2.55 bits per heavy atom. The molecule has 33 heavy (non-hydrogen) atoms. The fraction of sp³-hybridized carbons (Fsp3) is 0.182. The van der Waals surface area contributed by atoms with Gasteiger partial charge < -0.3 is 14.2 Å². The van der Waals surface area contributed by atoms with E-state index in [1.54, 1.807) is 19.1 Å². The molecule has 1 aliphatic rings. The van der Waals surface area contributed by atoms with Crippen molar-refractivity contribution >= 4 is 62.8 Å². The van der Waals surface area contributed by atoms with E-state index in [0.717, 1.165) is 4.90 Å². The van der Waals surface area contributed by atoms with E-state index in [1.807, 2.05) is 0 Å². The van der Waals surface area contributed by atoms with E-state index in [1.165, 1.54) is 37.5 Å². The number of nitrogens with zero attached hydrogens (tertiary/aromatic N) is 1. The van der Waals surface area contributed by atoms with Gasteiger partial charge in [-0.15, -0.1) is 0 Å². The molecule has 0 radical (unpaired) electrons. The van der Waals surface area contributed by atoms with Gasteiger partial charge in [0.1, 0.15) is 11.4 Å². The largest absolute Gasteiger partial charge is 0.490 e. The molecule has 172 valence electrons. The molecule has 0 unspecified atom stereocenters. The highest BCUT2D eigenvalue weighted by Gasteiger charge is 2.34. The summed E-state index contributed by atoms with van der Waals surface area (Å²) in [6, 6.07) is 8.28. The number of methoxy groups -OCH3 is 1. The number of benzene rings is 2. The zero-order valence-electron chi connectivity index (χ0n) is 17.5. The SMILES string of the molecule is CCOc1cc(C=C2C(=O)NC(=S)N(c3ccc(F)cc3)C2=O)cc(Br)c1OCC(=O)OC. The van der Waals surface area contributed by atoms with Gasteiger partial charge in [-0.1, -0.05) is 0 Å².